The molecule has 0 aliphatic rings. The van der Waals surface area contributed by atoms with Crippen LogP contribution in [0, 0.1) is 10.8 Å². The highest BCUT2D eigenvalue weighted by Gasteiger charge is 2.32. The van der Waals surface area contributed by atoms with Crippen LogP contribution < -0.4 is 16.4 Å². The molecule has 0 fully saturated rings. The van der Waals surface area contributed by atoms with Crippen LogP contribution >= 0.6 is 0 Å². The second-order valence-electron chi connectivity index (χ2n) is 6.49. The molecule has 5 heteroatoms. The van der Waals surface area contributed by atoms with Gasteiger partial charge in [0.2, 0.25) is 0 Å². The molecule has 4 N–H and O–H groups in total. The van der Waals surface area contributed by atoms with Crippen molar-refractivity contribution in [3.63, 3.8) is 0 Å². The Balaban J connectivity index is 2.63. The van der Waals surface area contributed by atoms with Crippen molar-refractivity contribution < 1.29 is 0 Å². The number of nitrogens with two attached hydrogens (primary N) is 1. The van der Waals surface area contributed by atoms with Gasteiger partial charge in [0.15, 0.2) is 0 Å². The van der Waals surface area contributed by atoms with Crippen LogP contribution in [-0.2, 0) is 0 Å². The highest BCUT2D eigenvalue weighted by atomic mass is 15.1. The van der Waals surface area contributed by atoms with E-state index in [1.165, 1.54) is 0 Å². The van der Waals surface area contributed by atoms with Crippen LogP contribution in [-0.4, -0.2) is 29.6 Å². The molecule has 0 unspecified atom stereocenters. The smallest absolute Gasteiger partial charge is 0.131 e. The van der Waals surface area contributed by atoms with Crippen molar-refractivity contribution in [1.29, 1.82) is 0 Å². The lowest BCUT2D eigenvalue weighted by atomic mass is 9.69. The molecule has 19 heavy (non-hydrogen) atoms. The average molecular weight is 265 g/mol. The van der Waals surface area contributed by atoms with Gasteiger partial charge in [-0.25, -0.2) is 9.97 Å². The van der Waals surface area contributed by atoms with Gasteiger partial charge in [-0.3, -0.25) is 0 Å². The summed E-state index contributed by atoms with van der Waals surface area (Å²) in [6.07, 6.45) is 1.56. The first-order valence-corrected chi connectivity index (χ1v) is 6.76. The summed E-state index contributed by atoms with van der Waals surface area (Å²) in [5, 5.41) is 6.53. The van der Waals surface area contributed by atoms with Crippen molar-refractivity contribution in [2.75, 3.05) is 30.3 Å². The third-order valence-corrected chi connectivity index (χ3v) is 3.86. The van der Waals surface area contributed by atoms with E-state index in [4.69, 9.17) is 5.73 Å². The van der Waals surface area contributed by atoms with Crippen molar-refractivity contribution in [3.05, 3.63) is 12.4 Å². The Morgan fingerprint density at radius 2 is 1.63 bits per heavy atom. The Hall–Kier alpha value is -1.36. The molecule has 0 atom stereocenters. The summed E-state index contributed by atoms with van der Waals surface area (Å²) in [7, 11) is 0. The SMILES string of the molecule is CC(C)(C)C(C)(C)CNc1cc(NCCN)ncn1. The third-order valence-electron chi connectivity index (χ3n) is 3.86. The van der Waals surface area contributed by atoms with Crippen molar-refractivity contribution in [2.45, 2.75) is 34.6 Å². The van der Waals surface area contributed by atoms with Gasteiger partial charge < -0.3 is 16.4 Å². The number of rotatable bonds is 6. The highest BCUT2D eigenvalue weighted by Crippen LogP contribution is 2.37. The number of aromatic nitrogens is 2. The van der Waals surface area contributed by atoms with E-state index in [2.05, 4.69) is 55.2 Å². The molecule has 1 aromatic heterocycles. The molecule has 1 heterocycles. The van der Waals surface area contributed by atoms with Crippen LogP contribution in [0.3, 0.4) is 0 Å². The van der Waals surface area contributed by atoms with Gasteiger partial charge in [-0.05, 0) is 10.8 Å². The largest absolute Gasteiger partial charge is 0.369 e. The summed E-state index contributed by atoms with van der Waals surface area (Å²) in [6.45, 7) is 13.4. The lowest BCUT2D eigenvalue weighted by Gasteiger charge is -2.39. The van der Waals surface area contributed by atoms with Crippen molar-refractivity contribution in [2.24, 2.45) is 16.6 Å². The maximum absolute atomic E-state index is 5.46. The zero-order chi connectivity index (χ0) is 14.5. The summed E-state index contributed by atoms with van der Waals surface area (Å²) in [5.74, 6) is 1.64. The predicted molar refractivity (Wildman–Crippen MR) is 81.3 cm³/mol. The fourth-order valence-corrected chi connectivity index (χ4v) is 1.33. The first kappa shape index (κ1) is 15.7. The maximum atomic E-state index is 5.46. The zero-order valence-electron chi connectivity index (χ0n) is 12.7. The van der Waals surface area contributed by atoms with E-state index in [0.29, 0.717) is 13.1 Å². The second kappa shape index (κ2) is 6.19. The molecule has 0 saturated heterocycles. The van der Waals surface area contributed by atoms with Crippen LogP contribution in [0.2, 0.25) is 0 Å². The lowest BCUT2D eigenvalue weighted by Crippen LogP contribution is -2.36. The molecule has 0 aliphatic heterocycles. The fraction of sp³-hybridized carbons (Fsp3) is 0.714. The molecule has 5 nitrogen and oxygen atoms in total. The molecular formula is C14H27N5. The molecule has 0 amide bonds. The van der Waals surface area contributed by atoms with Gasteiger partial charge in [-0.2, -0.15) is 0 Å². The number of anilines is 2. The Morgan fingerprint density at radius 1 is 1.05 bits per heavy atom. The number of hydrogen-bond acceptors (Lipinski definition) is 5. The van der Waals surface area contributed by atoms with Crippen LogP contribution in [0.25, 0.3) is 0 Å². The van der Waals surface area contributed by atoms with Gasteiger partial charge in [0, 0.05) is 25.7 Å². The molecular weight excluding hydrogens is 238 g/mol. The minimum Gasteiger partial charge on any atom is -0.369 e. The molecule has 0 radical (unpaired) electrons. The topological polar surface area (TPSA) is 75.9 Å². The van der Waals surface area contributed by atoms with E-state index in [1.807, 2.05) is 6.07 Å². The molecule has 1 rings (SSSR count). The summed E-state index contributed by atoms with van der Waals surface area (Å²) in [6, 6.07) is 1.91. The summed E-state index contributed by atoms with van der Waals surface area (Å²) < 4.78 is 0. The van der Waals surface area contributed by atoms with E-state index >= 15 is 0 Å². The van der Waals surface area contributed by atoms with Crippen LogP contribution in [0.5, 0.6) is 0 Å². The molecule has 0 spiro atoms. The van der Waals surface area contributed by atoms with Crippen LogP contribution in [0.15, 0.2) is 12.4 Å². The van der Waals surface area contributed by atoms with Crippen LogP contribution in [0.4, 0.5) is 11.6 Å². The van der Waals surface area contributed by atoms with Gasteiger partial charge in [0.05, 0.1) is 0 Å². The first-order chi connectivity index (χ1) is 8.76. The second-order valence-corrected chi connectivity index (χ2v) is 6.49. The molecule has 0 aromatic carbocycles. The van der Waals surface area contributed by atoms with Gasteiger partial charge in [0.1, 0.15) is 18.0 Å². The molecule has 1 aromatic rings. The third kappa shape index (κ3) is 4.67. The Bertz CT molecular complexity index is 395. The van der Waals surface area contributed by atoms with Crippen LogP contribution in [0.1, 0.15) is 34.6 Å². The summed E-state index contributed by atoms with van der Waals surface area (Å²) in [5.41, 5.74) is 5.86. The first-order valence-electron chi connectivity index (χ1n) is 6.76. The summed E-state index contributed by atoms with van der Waals surface area (Å²) in [4.78, 5) is 8.39. The normalized spacial score (nSPS) is 12.3. The predicted octanol–water partition coefficient (Wildman–Crippen LogP) is 2.33. The minimum atomic E-state index is 0.169. The van der Waals surface area contributed by atoms with Gasteiger partial charge >= 0.3 is 0 Å². The standard InChI is InChI=1S/C14H27N5/c1-13(2,3)14(4,5)9-17-12-8-11(16-7-6-15)18-10-19-12/h8,10H,6-7,9,15H2,1-5H3,(H2,16,17,18,19). The molecule has 0 aliphatic carbocycles. The minimum absolute atomic E-state index is 0.169. The number of hydrogen-bond donors (Lipinski definition) is 3. The van der Waals surface area contributed by atoms with E-state index < -0.39 is 0 Å². The molecule has 108 valence electrons. The van der Waals surface area contributed by atoms with E-state index in [9.17, 15) is 0 Å². The van der Waals surface area contributed by atoms with Crippen molar-refractivity contribution in [1.82, 2.24) is 9.97 Å². The molecule has 0 saturated carbocycles. The Morgan fingerprint density at radius 3 is 2.16 bits per heavy atom. The summed E-state index contributed by atoms with van der Waals surface area (Å²) >= 11 is 0. The monoisotopic (exact) mass is 265 g/mol. The van der Waals surface area contributed by atoms with Gasteiger partial charge in [-0.15, -0.1) is 0 Å². The Kier molecular flexibility index (Phi) is 5.11. The Labute approximate surface area is 116 Å². The van der Waals surface area contributed by atoms with E-state index in [0.717, 1.165) is 18.2 Å². The number of nitrogens with one attached hydrogen (secondary N) is 2. The number of nitrogens with zero attached hydrogens (tertiary/aromatic N) is 2. The van der Waals surface area contributed by atoms with Crippen molar-refractivity contribution >= 4 is 11.6 Å². The lowest BCUT2D eigenvalue weighted by molar-refractivity contribution is 0.148. The zero-order valence-corrected chi connectivity index (χ0v) is 12.7. The van der Waals surface area contributed by atoms with Crippen molar-refractivity contribution in [3.8, 4) is 0 Å². The quantitative estimate of drug-likeness (QED) is 0.736. The average Bonchev–Trinajstić information content (AvgIpc) is 2.33. The van der Waals surface area contributed by atoms with E-state index in [-0.39, 0.29) is 10.8 Å². The van der Waals surface area contributed by atoms with E-state index in [1.54, 1.807) is 6.33 Å². The van der Waals surface area contributed by atoms with Gasteiger partial charge in [0.25, 0.3) is 0 Å². The highest BCUT2D eigenvalue weighted by molar-refractivity contribution is 5.46. The van der Waals surface area contributed by atoms with Gasteiger partial charge in [-0.1, -0.05) is 34.6 Å². The molecule has 0 bridgehead atoms. The maximum Gasteiger partial charge on any atom is 0.131 e. The fourth-order valence-electron chi connectivity index (χ4n) is 1.33.